The lowest BCUT2D eigenvalue weighted by atomic mass is 10.1. The second-order valence-electron chi connectivity index (χ2n) is 2.57. The highest BCUT2D eigenvalue weighted by atomic mass is 32.2. The molecule has 1 aromatic carbocycles. The second kappa shape index (κ2) is 4.38. The first-order chi connectivity index (χ1) is 5.74. The van der Waals surface area contributed by atoms with Crippen molar-refractivity contribution < 1.29 is 10.2 Å². The van der Waals surface area contributed by atoms with Crippen LogP contribution in [0.5, 0.6) is 5.75 Å². The molecule has 0 saturated carbocycles. The molecule has 2 nitrogen and oxygen atoms in total. The van der Waals surface area contributed by atoms with Gasteiger partial charge >= 0.3 is 0 Å². The molecule has 12 heavy (non-hydrogen) atoms. The van der Waals surface area contributed by atoms with Gasteiger partial charge in [0.1, 0.15) is 5.75 Å². The summed E-state index contributed by atoms with van der Waals surface area (Å²) in [6, 6.07) is 6.71. The summed E-state index contributed by atoms with van der Waals surface area (Å²) in [6.45, 7) is 0. The van der Waals surface area contributed by atoms with E-state index >= 15 is 0 Å². The third-order valence-corrected chi connectivity index (χ3v) is 2.23. The van der Waals surface area contributed by atoms with Crippen molar-refractivity contribution in [3.8, 4) is 5.75 Å². The van der Waals surface area contributed by atoms with Gasteiger partial charge in [0.25, 0.3) is 0 Å². The number of aliphatic hydroxyl groups is 1. The maximum atomic E-state index is 9.51. The molecule has 0 aliphatic rings. The van der Waals surface area contributed by atoms with Crippen LogP contribution >= 0.6 is 11.8 Å². The predicted molar refractivity (Wildman–Crippen MR) is 51.4 cm³/mol. The Morgan fingerprint density at radius 2 is 2.25 bits per heavy atom. The van der Waals surface area contributed by atoms with Crippen molar-refractivity contribution in [1.82, 2.24) is 0 Å². The van der Waals surface area contributed by atoms with Crippen LogP contribution in [0.2, 0.25) is 0 Å². The maximum Gasteiger partial charge on any atom is 0.115 e. The Labute approximate surface area is 76.2 Å². The Balaban J connectivity index is 2.73. The second-order valence-corrected chi connectivity index (χ2v) is 3.48. The Bertz CT molecular complexity index is 250. The van der Waals surface area contributed by atoms with Gasteiger partial charge in [-0.2, -0.15) is 11.8 Å². The molecule has 0 saturated heterocycles. The molecule has 0 amide bonds. The molecule has 2 N–H and O–H groups in total. The van der Waals surface area contributed by atoms with E-state index in [9.17, 15) is 5.11 Å². The third kappa shape index (κ3) is 2.43. The number of benzene rings is 1. The van der Waals surface area contributed by atoms with Crippen molar-refractivity contribution in [3.05, 3.63) is 29.8 Å². The molecule has 0 aliphatic heterocycles. The van der Waals surface area contributed by atoms with Gasteiger partial charge in [-0.25, -0.2) is 0 Å². The number of hydrogen-bond donors (Lipinski definition) is 2. The molecule has 0 aliphatic carbocycles. The van der Waals surface area contributed by atoms with Gasteiger partial charge in [-0.05, 0) is 24.0 Å². The van der Waals surface area contributed by atoms with Gasteiger partial charge in [0, 0.05) is 5.75 Å². The van der Waals surface area contributed by atoms with Crippen molar-refractivity contribution in [2.24, 2.45) is 0 Å². The number of rotatable bonds is 3. The van der Waals surface area contributed by atoms with Crippen LogP contribution in [0.25, 0.3) is 0 Å². The molecule has 0 bridgehead atoms. The van der Waals surface area contributed by atoms with Gasteiger partial charge in [-0.15, -0.1) is 0 Å². The Morgan fingerprint density at radius 3 is 2.83 bits per heavy atom. The molecule has 0 fully saturated rings. The Kier molecular flexibility index (Phi) is 3.44. The van der Waals surface area contributed by atoms with E-state index in [0.717, 1.165) is 5.56 Å². The molecular formula is C9H12O2S. The zero-order valence-corrected chi connectivity index (χ0v) is 7.71. The summed E-state index contributed by atoms with van der Waals surface area (Å²) in [6.07, 6.45) is 1.46. The van der Waals surface area contributed by atoms with Gasteiger partial charge in [0.15, 0.2) is 0 Å². The largest absolute Gasteiger partial charge is 0.508 e. The number of hydrogen-bond acceptors (Lipinski definition) is 3. The monoisotopic (exact) mass is 184 g/mol. The van der Waals surface area contributed by atoms with E-state index in [1.165, 1.54) is 0 Å². The number of thioether (sulfide) groups is 1. The van der Waals surface area contributed by atoms with Gasteiger partial charge in [-0.3, -0.25) is 0 Å². The summed E-state index contributed by atoms with van der Waals surface area (Å²) < 4.78 is 0. The van der Waals surface area contributed by atoms with Crippen LogP contribution in [0.15, 0.2) is 24.3 Å². The van der Waals surface area contributed by atoms with Crippen molar-refractivity contribution >= 4 is 11.8 Å². The molecule has 0 heterocycles. The summed E-state index contributed by atoms with van der Waals surface area (Å²) >= 11 is 1.58. The highest BCUT2D eigenvalue weighted by Gasteiger charge is 2.05. The van der Waals surface area contributed by atoms with Crippen LogP contribution in [-0.4, -0.2) is 22.2 Å². The lowest BCUT2D eigenvalue weighted by molar-refractivity contribution is 0.204. The maximum absolute atomic E-state index is 9.51. The van der Waals surface area contributed by atoms with Crippen LogP contribution in [0.4, 0.5) is 0 Å². The SMILES string of the molecule is CSCC(O)c1cccc(O)c1. The zero-order chi connectivity index (χ0) is 8.97. The first-order valence-electron chi connectivity index (χ1n) is 3.70. The molecule has 66 valence electrons. The van der Waals surface area contributed by atoms with E-state index in [2.05, 4.69) is 0 Å². The molecule has 0 aromatic heterocycles. The van der Waals surface area contributed by atoms with Crippen molar-refractivity contribution in [2.45, 2.75) is 6.10 Å². The molecule has 1 atom stereocenters. The molecule has 1 unspecified atom stereocenters. The number of aliphatic hydroxyl groups excluding tert-OH is 1. The smallest absolute Gasteiger partial charge is 0.115 e. The first kappa shape index (κ1) is 9.42. The Morgan fingerprint density at radius 1 is 1.50 bits per heavy atom. The predicted octanol–water partition coefficient (Wildman–Crippen LogP) is 1.79. The highest BCUT2D eigenvalue weighted by molar-refractivity contribution is 7.98. The molecule has 0 spiro atoms. The summed E-state index contributed by atoms with van der Waals surface area (Å²) in [5, 5.41) is 18.6. The normalized spacial score (nSPS) is 12.8. The van der Waals surface area contributed by atoms with Crippen LogP contribution in [0.3, 0.4) is 0 Å². The molecule has 3 heteroatoms. The number of phenolic OH excluding ortho intramolecular Hbond substituents is 1. The summed E-state index contributed by atoms with van der Waals surface area (Å²) in [5.41, 5.74) is 0.768. The minimum absolute atomic E-state index is 0.202. The quantitative estimate of drug-likeness (QED) is 0.752. The fourth-order valence-electron chi connectivity index (χ4n) is 0.986. The average Bonchev–Trinajstić information content (AvgIpc) is 2.05. The van der Waals surface area contributed by atoms with E-state index in [0.29, 0.717) is 5.75 Å². The van der Waals surface area contributed by atoms with E-state index in [1.807, 2.05) is 6.26 Å². The lowest BCUT2D eigenvalue weighted by Crippen LogP contribution is -1.99. The summed E-state index contributed by atoms with van der Waals surface area (Å²) in [5.74, 6) is 0.858. The topological polar surface area (TPSA) is 40.5 Å². The van der Waals surface area contributed by atoms with Crippen LogP contribution in [0.1, 0.15) is 11.7 Å². The van der Waals surface area contributed by atoms with E-state index in [1.54, 1.807) is 36.0 Å². The zero-order valence-electron chi connectivity index (χ0n) is 6.90. The van der Waals surface area contributed by atoms with E-state index in [4.69, 9.17) is 5.11 Å². The third-order valence-electron chi connectivity index (χ3n) is 1.58. The summed E-state index contributed by atoms with van der Waals surface area (Å²) in [4.78, 5) is 0. The van der Waals surface area contributed by atoms with Crippen LogP contribution in [-0.2, 0) is 0 Å². The lowest BCUT2D eigenvalue weighted by Gasteiger charge is -2.08. The van der Waals surface area contributed by atoms with Crippen molar-refractivity contribution in [2.75, 3.05) is 12.0 Å². The molecule has 1 aromatic rings. The van der Waals surface area contributed by atoms with E-state index < -0.39 is 6.10 Å². The average molecular weight is 184 g/mol. The van der Waals surface area contributed by atoms with E-state index in [-0.39, 0.29) is 5.75 Å². The fraction of sp³-hybridized carbons (Fsp3) is 0.333. The Hall–Kier alpha value is -0.670. The fourth-order valence-corrected chi connectivity index (χ4v) is 1.49. The van der Waals surface area contributed by atoms with Crippen LogP contribution in [0, 0.1) is 0 Å². The first-order valence-corrected chi connectivity index (χ1v) is 5.09. The number of aromatic hydroxyl groups is 1. The van der Waals surface area contributed by atoms with Crippen LogP contribution < -0.4 is 0 Å². The highest BCUT2D eigenvalue weighted by Crippen LogP contribution is 2.20. The molecule has 0 radical (unpaired) electrons. The minimum Gasteiger partial charge on any atom is -0.508 e. The standard InChI is InChI=1S/C9H12O2S/c1-12-6-9(11)7-3-2-4-8(10)5-7/h2-5,9-11H,6H2,1H3. The van der Waals surface area contributed by atoms with Gasteiger partial charge in [0.2, 0.25) is 0 Å². The molecular weight excluding hydrogens is 172 g/mol. The number of phenols is 1. The van der Waals surface area contributed by atoms with Gasteiger partial charge in [0.05, 0.1) is 6.10 Å². The van der Waals surface area contributed by atoms with Crippen molar-refractivity contribution in [1.29, 1.82) is 0 Å². The molecule has 1 rings (SSSR count). The minimum atomic E-state index is -0.480. The van der Waals surface area contributed by atoms with Gasteiger partial charge < -0.3 is 10.2 Å². The summed E-state index contributed by atoms with van der Waals surface area (Å²) in [7, 11) is 0. The van der Waals surface area contributed by atoms with Gasteiger partial charge in [-0.1, -0.05) is 12.1 Å². The van der Waals surface area contributed by atoms with Crippen molar-refractivity contribution in [3.63, 3.8) is 0 Å².